The lowest BCUT2D eigenvalue weighted by Gasteiger charge is -2.19. The van der Waals surface area contributed by atoms with Crippen LogP contribution in [0.25, 0.3) is 0 Å². The minimum atomic E-state index is -3.70. The molecule has 1 N–H and O–H groups in total. The van der Waals surface area contributed by atoms with Crippen molar-refractivity contribution in [2.45, 2.75) is 25.3 Å². The molecule has 26 heavy (non-hydrogen) atoms. The van der Waals surface area contributed by atoms with Crippen molar-refractivity contribution in [3.05, 3.63) is 56.5 Å². The molecule has 0 aliphatic heterocycles. The minimum absolute atomic E-state index is 0.0112. The van der Waals surface area contributed by atoms with Crippen LogP contribution in [0.5, 0.6) is 0 Å². The molecule has 0 aliphatic rings. The molecule has 0 spiro atoms. The van der Waals surface area contributed by atoms with Crippen LogP contribution in [0.15, 0.2) is 52.3 Å². The van der Waals surface area contributed by atoms with Gasteiger partial charge in [0, 0.05) is 28.9 Å². The standard InChI is InChI=1S/C17H20IN3O4S/c1-3-21(4-2)26(24,25)13-9-10-17(23)20(11-13)12-16(22)19-15-8-6-5-7-14(15)18/h5-11H,3-4,12H2,1-2H3,(H,19,22). The van der Waals surface area contributed by atoms with Gasteiger partial charge >= 0.3 is 0 Å². The van der Waals surface area contributed by atoms with Crippen molar-refractivity contribution >= 4 is 44.2 Å². The Morgan fingerprint density at radius 2 is 1.81 bits per heavy atom. The number of aromatic nitrogens is 1. The average Bonchev–Trinajstić information content (AvgIpc) is 2.59. The van der Waals surface area contributed by atoms with Gasteiger partial charge in [-0.25, -0.2) is 8.42 Å². The second-order valence-electron chi connectivity index (χ2n) is 5.45. The third-order valence-corrected chi connectivity index (χ3v) is 6.74. The summed E-state index contributed by atoms with van der Waals surface area (Å²) < 4.78 is 28.4. The van der Waals surface area contributed by atoms with Crippen LogP contribution in [0.4, 0.5) is 5.69 Å². The van der Waals surface area contributed by atoms with Gasteiger partial charge in [0.15, 0.2) is 0 Å². The topological polar surface area (TPSA) is 88.5 Å². The van der Waals surface area contributed by atoms with E-state index in [0.717, 1.165) is 14.2 Å². The van der Waals surface area contributed by atoms with Gasteiger partial charge in [0.25, 0.3) is 5.56 Å². The Morgan fingerprint density at radius 1 is 1.15 bits per heavy atom. The highest BCUT2D eigenvalue weighted by atomic mass is 127. The van der Waals surface area contributed by atoms with E-state index in [2.05, 4.69) is 27.9 Å². The number of carbonyl (C=O) groups is 1. The fraction of sp³-hybridized carbons (Fsp3) is 0.294. The zero-order valence-electron chi connectivity index (χ0n) is 14.5. The molecule has 7 nitrogen and oxygen atoms in total. The van der Waals surface area contributed by atoms with Gasteiger partial charge in [-0.2, -0.15) is 4.31 Å². The maximum Gasteiger partial charge on any atom is 0.251 e. The Bertz CT molecular complexity index is 952. The smallest absolute Gasteiger partial charge is 0.251 e. The van der Waals surface area contributed by atoms with E-state index in [1.807, 2.05) is 12.1 Å². The number of carbonyl (C=O) groups excluding carboxylic acids is 1. The number of sulfonamides is 1. The maximum absolute atomic E-state index is 12.6. The van der Waals surface area contributed by atoms with Crippen LogP contribution >= 0.6 is 22.6 Å². The SMILES string of the molecule is CCN(CC)S(=O)(=O)c1ccc(=O)n(CC(=O)Nc2ccccc2I)c1. The van der Waals surface area contributed by atoms with E-state index < -0.39 is 21.5 Å². The number of benzene rings is 1. The molecule has 0 aliphatic carbocycles. The number of nitrogens with zero attached hydrogens (tertiary/aromatic N) is 2. The molecule has 0 bridgehead atoms. The molecule has 2 rings (SSSR count). The predicted molar refractivity (Wildman–Crippen MR) is 109 cm³/mol. The van der Waals surface area contributed by atoms with Crippen molar-refractivity contribution in [3.63, 3.8) is 0 Å². The summed E-state index contributed by atoms with van der Waals surface area (Å²) in [6.07, 6.45) is 1.21. The van der Waals surface area contributed by atoms with E-state index >= 15 is 0 Å². The Labute approximate surface area is 166 Å². The zero-order chi connectivity index (χ0) is 19.3. The normalized spacial score (nSPS) is 11.5. The molecule has 0 fully saturated rings. The molecule has 1 aromatic carbocycles. The summed E-state index contributed by atoms with van der Waals surface area (Å²) in [6.45, 7) is 3.86. The summed E-state index contributed by atoms with van der Waals surface area (Å²) >= 11 is 2.09. The molecule has 1 heterocycles. The summed E-state index contributed by atoms with van der Waals surface area (Å²) in [5.41, 5.74) is 0.194. The van der Waals surface area contributed by atoms with E-state index in [1.54, 1.807) is 26.0 Å². The van der Waals surface area contributed by atoms with Crippen molar-refractivity contribution in [2.75, 3.05) is 18.4 Å². The fourth-order valence-electron chi connectivity index (χ4n) is 2.41. The molecule has 0 unspecified atom stereocenters. The Morgan fingerprint density at radius 3 is 2.42 bits per heavy atom. The molecule has 1 amide bonds. The number of halogens is 1. The van der Waals surface area contributed by atoms with Crippen LogP contribution in [0.3, 0.4) is 0 Å². The summed E-state index contributed by atoms with van der Waals surface area (Å²) in [6, 6.07) is 9.68. The first kappa shape index (κ1) is 20.6. The molecule has 9 heteroatoms. The number of nitrogens with one attached hydrogen (secondary N) is 1. The average molecular weight is 489 g/mol. The van der Waals surface area contributed by atoms with Crippen molar-refractivity contribution in [3.8, 4) is 0 Å². The van der Waals surface area contributed by atoms with Crippen LogP contribution in [-0.2, 0) is 21.4 Å². The maximum atomic E-state index is 12.6. The third-order valence-electron chi connectivity index (χ3n) is 3.76. The van der Waals surface area contributed by atoms with Gasteiger partial charge in [0.2, 0.25) is 15.9 Å². The second-order valence-corrected chi connectivity index (χ2v) is 8.55. The number of hydrogen-bond donors (Lipinski definition) is 1. The molecular formula is C17H20IN3O4S. The van der Waals surface area contributed by atoms with E-state index in [-0.39, 0.29) is 11.4 Å². The summed E-state index contributed by atoms with van der Waals surface area (Å²) in [5, 5.41) is 2.72. The van der Waals surface area contributed by atoms with Gasteiger partial charge < -0.3 is 9.88 Å². The molecule has 140 valence electrons. The number of amides is 1. The molecule has 0 saturated heterocycles. The lowest BCUT2D eigenvalue weighted by Crippen LogP contribution is -2.33. The third kappa shape index (κ3) is 4.71. The molecule has 0 saturated carbocycles. The molecule has 0 atom stereocenters. The quantitative estimate of drug-likeness (QED) is 0.604. The van der Waals surface area contributed by atoms with Crippen LogP contribution in [0, 0.1) is 3.57 Å². The first-order valence-electron chi connectivity index (χ1n) is 8.04. The van der Waals surface area contributed by atoms with Gasteiger partial charge in [-0.3, -0.25) is 9.59 Å². The van der Waals surface area contributed by atoms with Gasteiger partial charge in [0.05, 0.1) is 10.6 Å². The van der Waals surface area contributed by atoms with Crippen LogP contribution in [0.2, 0.25) is 0 Å². The first-order chi connectivity index (χ1) is 12.3. The van der Waals surface area contributed by atoms with Gasteiger partial charge in [-0.15, -0.1) is 0 Å². The Hall–Kier alpha value is -1.72. The summed E-state index contributed by atoms with van der Waals surface area (Å²) in [5.74, 6) is -0.409. The molecular weight excluding hydrogens is 469 g/mol. The largest absolute Gasteiger partial charge is 0.324 e. The number of rotatable bonds is 7. The number of anilines is 1. The van der Waals surface area contributed by atoms with Gasteiger partial charge in [-0.1, -0.05) is 26.0 Å². The van der Waals surface area contributed by atoms with Crippen molar-refractivity contribution in [1.29, 1.82) is 0 Å². The number of para-hydroxylation sites is 1. The minimum Gasteiger partial charge on any atom is -0.324 e. The molecule has 2 aromatic rings. The lowest BCUT2D eigenvalue weighted by molar-refractivity contribution is -0.116. The monoisotopic (exact) mass is 489 g/mol. The van der Waals surface area contributed by atoms with Crippen LogP contribution < -0.4 is 10.9 Å². The highest BCUT2D eigenvalue weighted by molar-refractivity contribution is 14.1. The fourth-order valence-corrected chi connectivity index (χ4v) is 4.41. The zero-order valence-corrected chi connectivity index (χ0v) is 17.5. The van der Waals surface area contributed by atoms with E-state index in [9.17, 15) is 18.0 Å². The Balaban J connectivity index is 2.26. The second kappa shape index (κ2) is 8.78. The van der Waals surface area contributed by atoms with Gasteiger partial charge in [-0.05, 0) is 40.8 Å². The van der Waals surface area contributed by atoms with E-state index in [0.29, 0.717) is 18.8 Å². The van der Waals surface area contributed by atoms with Crippen LogP contribution in [0.1, 0.15) is 13.8 Å². The van der Waals surface area contributed by atoms with E-state index in [4.69, 9.17) is 0 Å². The predicted octanol–water partition coefficient (Wildman–Crippen LogP) is 2.12. The van der Waals surface area contributed by atoms with Crippen molar-refractivity contribution in [2.24, 2.45) is 0 Å². The highest BCUT2D eigenvalue weighted by Gasteiger charge is 2.22. The van der Waals surface area contributed by atoms with E-state index in [1.165, 1.54) is 16.6 Å². The highest BCUT2D eigenvalue weighted by Crippen LogP contribution is 2.17. The van der Waals surface area contributed by atoms with Gasteiger partial charge in [0.1, 0.15) is 6.54 Å². The summed E-state index contributed by atoms with van der Waals surface area (Å²) in [4.78, 5) is 24.3. The van der Waals surface area contributed by atoms with Crippen molar-refractivity contribution in [1.82, 2.24) is 8.87 Å². The Kier molecular flexibility index (Phi) is 6.95. The first-order valence-corrected chi connectivity index (χ1v) is 10.6. The summed E-state index contributed by atoms with van der Waals surface area (Å²) in [7, 11) is -3.70. The molecule has 1 aromatic heterocycles. The van der Waals surface area contributed by atoms with Crippen LogP contribution in [-0.4, -0.2) is 36.3 Å². The van der Waals surface area contributed by atoms with Crippen molar-refractivity contribution < 1.29 is 13.2 Å². The molecule has 0 radical (unpaired) electrons. The lowest BCUT2D eigenvalue weighted by atomic mass is 10.3. The number of pyridine rings is 1. The number of hydrogen-bond acceptors (Lipinski definition) is 4.